The molecule has 3 N–H and O–H groups in total. The summed E-state index contributed by atoms with van der Waals surface area (Å²) in [5.41, 5.74) is 1.51. The minimum atomic E-state index is -0.506. The predicted molar refractivity (Wildman–Crippen MR) is 115 cm³/mol. The average molecular weight is 444 g/mol. The van der Waals surface area contributed by atoms with Gasteiger partial charge in [-0.05, 0) is 25.8 Å². The van der Waals surface area contributed by atoms with Crippen molar-refractivity contribution in [3.63, 3.8) is 0 Å². The number of amides is 2. The van der Waals surface area contributed by atoms with E-state index in [-0.39, 0.29) is 42.3 Å². The van der Waals surface area contributed by atoms with E-state index < -0.39 is 5.82 Å². The van der Waals surface area contributed by atoms with Crippen molar-refractivity contribution in [3.05, 3.63) is 41.6 Å². The molecule has 2 aliphatic heterocycles. The van der Waals surface area contributed by atoms with Gasteiger partial charge < -0.3 is 25.2 Å². The first-order chi connectivity index (χ1) is 15.3. The van der Waals surface area contributed by atoms with Crippen LogP contribution in [0.5, 0.6) is 0 Å². The Labute approximate surface area is 184 Å². The zero-order chi connectivity index (χ0) is 23.4. The molecule has 1 fully saturated rings. The minimum Gasteiger partial charge on any atom is -0.483 e. The van der Waals surface area contributed by atoms with Crippen LogP contribution in [0.3, 0.4) is 0 Å². The fraction of sp³-hybridized carbons (Fsp3) is 0.381. The molecule has 0 aromatic carbocycles. The van der Waals surface area contributed by atoms with Crippen LogP contribution >= 0.6 is 0 Å². The van der Waals surface area contributed by atoms with Crippen molar-refractivity contribution in [3.8, 4) is 11.4 Å². The Bertz CT molecular complexity index is 1050. The molecule has 0 aliphatic carbocycles. The van der Waals surface area contributed by atoms with Gasteiger partial charge in [0.1, 0.15) is 11.5 Å². The van der Waals surface area contributed by atoms with Gasteiger partial charge in [0.15, 0.2) is 11.6 Å². The number of rotatable bonds is 4. The number of carbonyl (C=O) groups is 3. The van der Waals surface area contributed by atoms with E-state index in [2.05, 4.69) is 26.8 Å². The zero-order valence-electron chi connectivity index (χ0n) is 17.9. The quantitative estimate of drug-likeness (QED) is 0.481. The number of nitrogens with zero attached hydrogens (tertiary/aromatic N) is 4. The highest BCUT2D eigenvalue weighted by Gasteiger charge is 2.34. The van der Waals surface area contributed by atoms with Gasteiger partial charge in [0, 0.05) is 38.3 Å². The normalized spacial score (nSPS) is 17.0. The first-order valence-corrected chi connectivity index (χ1v) is 10.1. The number of aromatic nitrogens is 3. The molecular formula is C21H25FN6O4. The second-order valence-electron chi connectivity index (χ2n) is 7.52. The topological polar surface area (TPSA) is 132 Å². The molecule has 1 saturated heterocycles. The summed E-state index contributed by atoms with van der Waals surface area (Å²) < 4.78 is 15.4. The van der Waals surface area contributed by atoms with Gasteiger partial charge in [-0.15, -0.1) is 0 Å². The van der Waals surface area contributed by atoms with Crippen molar-refractivity contribution in [2.45, 2.75) is 32.4 Å². The summed E-state index contributed by atoms with van der Waals surface area (Å²) in [6, 6.07) is -0.0888. The number of carbonyl (C=O) groups excluding carboxylic acids is 2. The summed E-state index contributed by atoms with van der Waals surface area (Å²) in [7, 11) is 1.77. The molecule has 11 heteroatoms. The second-order valence-corrected chi connectivity index (χ2v) is 7.52. The van der Waals surface area contributed by atoms with Crippen molar-refractivity contribution >= 4 is 24.1 Å². The average Bonchev–Trinajstić information content (AvgIpc) is 3.40. The first-order valence-electron chi connectivity index (χ1n) is 10.1. The Morgan fingerprint density at radius 3 is 2.81 bits per heavy atom. The van der Waals surface area contributed by atoms with Crippen molar-refractivity contribution in [2.75, 3.05) is 25.0 Å². The standard InChI is InChI=1S/C20H23FN6O2.CH2O2/c1-4-15(28)27-7-5-6-12(10-27)26(3)19-17(21)13-8-23-20(29)16(13)18(25-19)14-9-22-11(2)24-14;2-1-3/h4,9,12H,1,5-8,10H2,2-3H3,(H,22,24)(H,23,29);1H,(H,2,3)/t12-;/m1./s1. The van der Waals surface area contributed by atoms with E-state index in [1.807, 2.05) is 0 Å². The predicted octanol–water partition coefficient (Wildman–Crippen LogP) is 1.48. The highest BCUT2D eigenvalue weighted by atomic mass is 19.1. The number of nitrogens with one attached hydrogen (secondary N) is 2. The molecule has 1 atom stereocenters. The van der Waals surface area contributed by atoms with Crippen LogP contribution in [0.2, 0.25) is 0 Å². The summed E-state index contributed by atoms with van der Waals surface area (Å²) in [5.74, 6) is -0.135. The molecule has 0 spiro atoms. The SMILES string of the molecule is C=CC(=O)N1CCC[C@@H](N(C)c2nc(-c3cnc(C)[nH]3)c3c(c2F)CNC3=O)C1.O=CO. The number of aryl methyl sites for hydroxylation is 1. The van der Waals surface area contributed by atoms with Gasteiger partial charge in [-0.25, -0.2) is 14.4 Å². The molecule has 2 aromatic rings. The molecule has 2 aliphatic rings. The van der Waals surface area contributed by atoms with Crippen LogP contribution < -0.4 is 10.2 Å². The maximum Gasteiger partial charge on any atom is 0.290 e. The van der Waals surface area contributed by atoms with Crippen molar-refractivity contribution in [2.24, 2.45) is 0 Å². The number of imidazole rings is 1. The van der Waals surface area contributed by atoms with E-state index in [0.717, 1.165) is 12.8 Å². The lowest BCUT2D eigenvalue weighted by molar-refractivity contribution is -0.127. The van der Waals surface area contributed by atoms with Gasteiger partial charge in [-0.1, -0.05) is 6.58 Å². The highest BCUT2D eigenvalue weighted by molar-refractivity contribution is 6.03. The molecular weight excluding hydrogens is 419 g/mol. The summed E-state index contributed by atoms with van der Waals surface area (Å²) in [6.45, 7) is 6.34. The lowest BCUT2D eigenvalue weighted by Crippen LogP contribution is -2.48. The zero-order valence-corrected chi connectivity index (χ0v) is 17.9. The Morgan fingerprint density at radius 1 is 1.47 bits per heavy atom. The van der Waals surface area contributed by atoms with Crippen LogP contribution in [-0.2, 0) is 16.1 Å². The maximum absolute atomic E-state index is 15.4. The van der Waals surface area contributed by atoms with Crippen LogP contribution in [-0.4, -0.2) is 69.4 Å². The molecule has 0 radical (unpaired) electrons. The van der Waals surface area contributed by atoms with Gasteiger partial charge >= 0.3 is 0 Å². The fourth-order valence-corrected chi connectivity index (χ4v) is 4.01. The molecule has 0 unspecified atom stereocenters. The third-order valence-corrected chi connectivity index (χ3v) is 5.59. The summed E-state index contributed by atoms with van der Waals surface area (Å²) in [6.07, 6.45) is 4.52. The van der Waals surface area contributed by atoms with Crippen molar-refractivity contribution in [1.82, 2.24) is 25.2 Å². The minimum absolute atomic E-state index is 0.0888. The molecule has 32 heavy (non-hydrogen) atoms. The number of anilines is 1. The number of halogens is 1. The molecule has 170 valence electrons. The number of piperidine rings is 1. The molecule has 4 heterocycles. The van der Waals surface area contributed by atoms with E-state index in [1.165, 1.54) is 6.08 Å². The van der Waals surface area contributed by atoms with Crippen LogP contribution in [0.15, 0.2) is 18.9 Å². The van der Waals surface area contributed by atoms with E-state index in [1.54, 1.807) is 30.0 Å². The monoisotopic (exact) mass is 444 g/mol. The maximum atomic E-state index is 15.4. The number of likely N-dealkylation sites (N-methyl/N-ethyl adjacent to an activating group) is 1. The van der Waals surface area contributed by atoms with Crippen LogP contribution in [0.1, 0.15) is 34.6 Å². The lowest BCUT2D eigenvalue weighted by atomic mass is 10.0. The summed E-state index contributed by atoms with van der Waals surface area (Å²) in [5, 5.41) is 9.57. The van der Waals surface area contributed by atoms with Crippen molar-refractivity contribution in [1.29, 1.82) is 0 Å². The number of carboxylic acid groups (broad SMARTS) is 1. The van der Waals surface area contributed by atoms with Gasteiger partial charge in [0.25, 0.3) is 12.4 Å². The number of H-pyrrole nitrogens is 1. The lowest BCUT2D eigenvalue weighted by Gasteiger charge is -2.38. The number of pyridine rings is 1. The molecule has 0 bridgehead atoms. The smallest absolute Gasteiger partial charge is 0.290 e. The van der Waals surface area contributed by atoms with Gasteiger partial charge in [-0.3, -0.25) is 14.4 Å². The van der Waals surface area contributed by atoms with E-state index in [4.69, 9.17) is 9.90 Å². The summed E-state index contributed by atoms with van der Waals surface area (Å²) in [4.78, 5) is 48.0. The Kier molecular flexibility index (Phi) is 6.86. The van der Waals surface area contributed by atoms with Gasteiger partial charge in [0.05, 0.1) is 17.5 Å². The molecule has 2 aromatic heterocycles. The Hall–Kier alpha value is -3.76. The Balaban J connectivity index is 0.000000913. The van der Waals surface area contributed by atoms with E-state index >= 15 is 4.39 Å². The fourth-order valence-electron chi connectivity index (χ4n) is 4.01. The van der Waals surface area contributed by atoms with Crippen molar-refractivity contribution < 1.29 is 23.9 Å². The molecule has 2 amide bonds. The number of hydrogen-bond donors (Lipinski definition) is 3. The summed E-state index contributed by atoms with van der Waals surface area (Å²) >= 11 is 0. The molecule has 0 saturated carbocycles. The van der Waals surface area contributed by atoms with E-state index in [9.17, 15) is 9.59 Å². The third-order valence-electron chi connectivity index (χ3n) is 5.59. The number of aromatic amines is 1. The molecule has 10 nitrogen and oxygen atoms in total. The third kappa shape index (κ3) is 4.32. The molecule has 4 rings (SSSR count). The Morgan fingerprint density at radius 2 is 2.19 bits per heavy atom. The largest absolute Gasteiger partial charge is 0.483 e. The number of likely N-dealkylation sites (tertiary alicyclic amines) is 1. The number of fused-ring (bicyclic) bond motifs is 1. The second kappa shape index (κ2) is 9.58. The van der Waals surface area contributed by atoms with Gasteiger partial charge in [0.2, 0.25) is 5.91 Å². The van der Waals surface area contributed by atoms with Crippen LogP contribution in [0, 0.1) is 12.7 Å². The first kappa shape index (κ1) is 22.9. The van der Waals surface area contributed by atoms with Crippen LogP contribution in [0.4, 0.5) is 10.2 Å². The highest BCUT2D eigenvalue weighted by Crippen LogP contribution is 2.34. The van der Waals surface area contributed by atoms with Crippen LogP contribution in [0.25, 0.3) is 11.4 Å². The van der Waals surface area contributed by atoms with E-state index in [0.29, 0.717) is 35.9 Å². The van der Waals surface area contributed by atoms with Gasteiger partial charge in [-0.2, -0.15) is 0 Å². The number of hydrogen-bond acceptors (Lipinski definition) is 6.